The van der Waals surface area contributed by atoms with Crippen LogP contribution in [-0.2, 0) is 9.53 Å². The first kappa shape index (κ1) is 32.1. The number of unbranched alkanes of at least 4 members (excludes halogenated alkanes) is 3. The van der Waals surface area contributed by atoms with Crippen LogP contribution in [0.5, 0.6) is 0 Å². The summed E-state index contributed by atoms with van der Waals surface area (Å²) < 4.78 is 4.37. The average Bonchev–Trinajstić information content (AvgIpc) is 2.48. The minimum absolute atomic E-state index is 0. The molecule has 0 aromatic heterocycles. The summed E-state index contributed by atoms with van der Waals surface area (Å²) in [6, 6.07) is 0. The van der Waals surface area contributed by atoms with Crippen LogP contribution in [0.1, 0.15) is 66.2 Å². The van der Waals surface area contributed by atoms with E-state index in [1.54, 1.807) is 6.92 Å². The number of esters is 1. The summed E-state index contributed by atoms with van der Waals surface area (Å²) in [5.74, 6) is -0.470. The van der Waals surface area contributed by atoms with Gasteiger partial charge in [0.2, 0.25) is 0 Å². The van der Waals surface area contributed by atoms with Crippen molar-refractivity contribution >= 4 is 29.9 Å². The third-order valence-electron chi connectivity index (χ3n) is 1.48. The normalized spacial score (nSPS) is 7.15. The predicted octanol–water partition coefficient (Wildman–Crippen LogP) is 5.02. The SMILES string of the molecule is [CH-]=CC(=O)OCC.[CH2-]CCC.[CH2-]CCC.[CH2-]CCC.[Sn+4]. The van der Waals surface area contributed by atoms with Gasteiger partial charge in [0.15, 0.2) is 5.97 Å². The first-order valence-corrected chi connectivity index (χ1v) is 7.15. The molecular weight excluding hydrogens is 355 g/mol. The van der Waals surface area contributed by atoms with Gasteiger partial charge in [0, 0.05) is 0 Å². The van der Waals surface area contributed by atoms with Gasteiger partial charge in [-0.1, -0.05) is 40.0 Å². The van der Waals surface area contributed by atoms with E-state index in [4.69, 9.17) is 6.58 Å². The largest absolute Gasteiger partial charge is 4.00 e. The fourth-order valence-corrected chi connectivity index (χ4v) is 0.190. The van der Waals surface area contributed by atoms with Crippen molar-refractivity contribution < 1.29 is 9.53 Å². The maximum atomic E-state index is 10.0. The van der Waals surface area contributed by atoms with Crippen LogP contribution in [-0.4, -0.2) is 36.5 Å². The predicted molar refractivity (Wildman–Crippen MR) is 92.1 cm³/mol. The molecule has 0 aliphatic heterocycles. The zero-order valence-corrected chi connectivity index (χ0v) is 16.9. The molecule has 0 aromatic carbocycles. The molecule has 0 aliphatic carbocycles. The summed E-state index contributed by atoms with van der Waals surface area (Å²) in [4.78, 5) is 10.0. The second-order valence-corrected chi connectivity index (χ2v) is 3.48. The molecule has 0 saturated carbocycles. The van der Waals surface area contributed by atoms with Crippen LogP contribution in [0.2, 0.25) is 0 Å². The molecule has 0 heterocycles. The second kappa shape index (κ2) is 42.7. The van der Waals surface area contributed by atoms with Crippen LogP contribution in [0, 0.1) is 27.4 Å². The number of hydrogen-bond donors (Lipinski definition) is 0. The van der Waals surface area contributed by atoms with Gasteiger partial charge >= 0.3 is 23.9 Å². The van der Waals surface area contributed by atoms with E-state index < -0.39 is 5.97 Å². The Bertz CT molecular complexity index is 132. The second-order valence-electron chi connectivity index (χ2n) is 3.48. The van der Waals surface area contributed by atoms with Crippen LogP contribution in [0.4, 0.5) is 0 Å². The fourth-order valence-electron chi connectivity index (χ4n) is 0.190. The molecule has 0 fully saturated rings. The van der Waals surface area contributed by atoms with Gasteiger partial charge in [-0.2, -0.15) is 25.3 Å². The van der Waals surface area contributed by atoms with Crippen molar-refractivity contribution in [3.05, 3.63) is 33.4 Å². The smallest absolute Gasteiger partial charge is 0.548 e. The fraction of sp³-hybridized carbons (Fsp3) is 0.647. The van der Waals surface area contributed by atoms with E-state index in [0.29, 0.717) is 6.61 Å². The molecule has 0 rings (SSSR count). The summed E-state index contributed by atoms with van der Waals surface area (Å²) >= 11 is 0. The van der Waals surface area contributed by atoms with E-state index in [-0.39, 0.29) is 23.9 Å². The maximum absolute atomic E-state index is 10.0. The van der Waals surface area contributed by atoms with Crippen LogP contribution >= 0.6 is 0 Å². The Morgan fingerprint density at radius 2 is 1.20 bits per heavy atom. The number of carbonyl (C=O) groups is 1. The Morgan fingerprint density at radius 1 is 0.950 bits per heavy atom. The molecule has 2 nitrogen and oxygen atoms in total. The summed E-state index contributed by atoms with van der Waals surface area (Å²) in [6.07, 6.45) is 7.73. The molecule has 0 saturated heterocycles. The molecule has 0 N–H and O–H groups in total. The van der Waals surface area contributed by atoms with E-state index in [1.165, 1.54) is 19.3 Å². The summed E-state index contributed by atoms with van der Waals surface area (Å²) in [6.45, 7) is 24.0. The molecule has 0 spiro atoms. The Labute approximate surface area is 145 Å². The molecule has 3 heteroatoms. The molecule has 0 atom stereocenters. The van der Waals surface area contributed by atoms with Crippen LogP contribution in [0.3, 0.4) is 0 Å². The zero-order valence-electron chi connectivity index (χ0n) is 14.0. The van der Waals surface area contributed by atoms with Gasteiger partial charge in [0.1, 0.15) is 0 Å². The maximum Gasteiger partial charge on any atom is 4.00 e. The van der Waals surface area contributed by atoms with Crippen LogP contribution < -0.4 is 0 Å². The Morgan fingerprint density at radius 3 is 1.25 bits per heavy atom. The molecule has 20 heavy (non-hydrogen) atoms. The molecule has 0 unspecified atom stereocenters. The van der Waals surface area contributed by atoms with Gasteiger partial charge in [0.25, 0.3) is 0 Å². The minimum atomic E-state index is -0.470. The summed E-state index contributed by atoms with van der Waals surface area (Å²) in [5.41, 5.74) is 0. The number of rotatable bonds is 5. The summed E-state index contributed by atoms with van der Waals surface area (Å²) in [7, 11) is 0. The first-order valence-electron chi connectivity index (χ1n) is 7.15. The van der Waals surface area contributed by atoms with Crippen molar-refractivity contribution in [3.8, 4) is 0 Å². The van der Waals surface area contributed by atoms with Gasteiger partial charge < -0.3 is 30.3 Å². The average molecular weight is 389 g/mol. The van der Waals surface area contributed by atoms with Crippen molar-refractivity contribution in [1.29, 1.82) is 0 Å². The van der Waals surface area contributed by atoms with E-state index in [2.05, 4.69) is 46.3 Å². The molecule has 0 aromatic rings. The molecular formula is C17H34O2Sn. The molecule has 0 aliphatic rings. The van der Waals surface area contributed by atoms with Crippen molar-refractivity contribution in [1.82, 2.24) is 0 Å². The molecule has 0 radical (unpaired) electrons. The molecule has 0 bridgehead atoms. The Hall–Kier alpha value is 0.00870. The first-order chi connectivity index (χ1) is 9.05. The topological polar surface area (TPSA) is 26.3 Å². The van der Waals surface area contributed by atoms with Gasteiger partial charge in [-0.15, -0.1) is 0 Å². The van der Waals surface area contributed by atoms with E-state index >= 15 is 0 Å². The van der Waals surface area contributed by atoms with Crippen molar-refractivity contribution in [2.24, 2.45) is 0 Å². The third-order valence-corrected chi connectivity index (χ3v) is 1.48. The van der Waals surface area contributed by atoms with Gasteiger partial charge in [-0.25, -0.2) is 0 Å². The zero-order chi connectivity index (χ0) is 15.9. The number of ether oxygens (including phenoxy) is 1. The van der Waals surface area contributed by atoms with Crippen LogP contribution in [0.25, 0.3) is 0 Å². The number of carbonyl (C=O) groups excluding carboxylic acids is 1. The number of hydrogen-bond acceptors (Lipinski definition) is 2. The monoisotopic (exact) mass is 390 g/mol. The summed E-state index contributed by atoms with van der Waals surface area (Å²) in [5, 5.41) is 0. The standard InChI is InChI=1S/C5H7O2.3C4H9.Sn/c1-3-5(6)7-4-2;3*1-3-4-2;/h1,3H,4H2,2H3;3*1,3-4H2,2H3;/q4*-1;+4. The van der Waals surface area contributed by atoms with Gasteiger partial charge in [-0.05, 0) is 6.92 Å². The van der Waals surface area contributed by atoms with Crippen molar-refractivity contribution in [3.63, 3.8) is 0 Å². The van der Waals surface area contributed by atoms with E-state index in [1.807, 2.05) is 0 Å². The van der Waals surface area contributed by atoms with Gasteiger partial charge in [0.05, 0.1) is 6.61 Å². The molecule has 0 amide bonds. The van der Waals surface area contributed by atoms with E-state index in [0.717, 1.165) is 25.3 Å². The Balaban J connectivity index is -0.0000000512. The quantitative estimate of drug-likeness (QED) is 0.286. The third kappa shape index (κ3) is 81.2. The minimum Gasteiger partial charge on any atom is -0.548 e. The van der Waals surface area contributed by atoms with Gasteiger partial charge in [-0.3, -0.25) is 6.58 Å². The van der Waals surface area contributed by atoms with Crippen molar-refractivity contribution in [2.75, 3.05) is 6.61 Å². The van der Waals surface area contributed by atoms with Crippen LogP contribution in [0.15, 0.2) is 6.08 Å². The van der Waals surface area contributed by atoms with Crippen molar-refractivity contribution in [2.45, 2.75) is 66.2 Å². The molecule has 118 valence electrons. The van der Waals surface area contributed by atoms with E-state index in [9.17, 15) is 4.79 Å². The Kier molecular flexibility index (Phi) is 68.6.